The number of allylic oxidation sites excluding steroid dienone is 15. The molecule has 142 heavy (non-hydrogen) atoms. The van der Waals surface area contributed by atoms with Crippen LogP contribution in [-0.4, -0.2) is 128 Å². The summed E-state index contributed by atoms with van der Waals surface area (Å²) in [4.78, 5) is 55.3. The van der Waals surface area contributed by atoms with Gasteiger partial charge in [0.2, 0.25) is 0 Å². The normalized spacial score (nSPS) is 22.7. The third kappa shape index (κ3) is 50.8. The molecule has 0 heterocycles. The standard InChI is InChI=1S/C30H45O4.C30H44O4.C20H26O3.C15H21BrO2.C15H24O2.C5H6O2.2C4H9.Al/c2*1-22(2)28-16-11-23(3)18-30(28)34-27-19-25(29(31)20-27)10-8-6-5-7-9-17-33-21-24-12-14-26(32-4)15-13-24;1-22-20-12-9-18(10-13-20)16-23-14-6-4-2-3-5-7-17-8-11-19(21)15-17;1-17-15-9-7-14(8-10-15)13-18-12-6-4-2-3-5-11-16;1-10(2)14-7-4-11(3)8-15(14)17-13-6-5-12(16)9-13;6-4-1-2-5(7)3-4;2*1-4(2)3;/h6,8,12-15,20,22-23,25,28-30H,5,7,9-11,16-19,21H2,1-4H3;6,8,12-15,20,22-23,25,28,30H,5,7,9-11,16-19,21H2,1-4H3;3,5,8-13,17H,2,4,6-7,14-16H2,1H3;3,5,7-10H,2,4,6,11-13H2,1H3;9-11,14-15H,4-8H2,1-3H3;1-3H2;2*4H,1H2,2-3H3;/q-1;;;;;;;;+1/b2*8-6-;2*5-3-;;;;;/t23-,25?,28+,29?,30-;23-,25?,28+,30-;17-;;11-,14+,15-;;;;/m110.1..../s1. The molecular formula is C123H184AlBrO17. The van der Waals surface area contributed by atoms with Crippen LogP contribution in [0.15, 0.2) is 193 Å². The zero-order valence-electron chi connectivity index (χ0n) is 90.4. The van der Waals surface area contributed by atoms with Crippen molar-refractivity contribution in [1.29, 1.82) is 0 Å². The smallest absolute Gasteiger partial charge is 0.461 e. The number of carbonyl (C=O) groups excluding carboxylic acids is 5. The Labute approximate surface area is 871 Å². The number of Topliss-reactive ketones (excluding diaryl/α,β-unsaturated/α-hetero) is 2. The van der Waals surface area contributed by atoms with Gasteiger partial charge in [0.05, 0.1) is 73.2 Å². The van der Waals surface area contributed by atoms with Crippen molar-refractivity contribution in [3.8, 4) is 23.0 Å². The van der Waals surface area contributed by atoms with Crippen molar-refractivity contribution in [1.82, 2.24) is 0 Å². The maximum absolute atomic E-state index is 12.5. The average molecular weight is 2040 g/mol. The van der Waals surface area contributed by atoms with Crippen molar-refractivity contribution in [3.63, 3.8) is 0 Å². The van der Waals surface area contributed by atoms with E-state index in [2.05, 4.69) is 173 Å². The lowest BCUT2D eigenvalue weighted by Gasteiger charge is -2.37. The van der Waals surface area contributed by atoms with Gasteiger partial charge < -0.3 is 55.9 Å². The molecule has 13 atom stereocenters. The number of benzene rings is 4. The minimum Gasteiger partial charge on any atom is -0.497 e. The summed E-state index contributed by atoms with van der Waals surface area (Å²) >= 11 is 2.07. The Hall–Kier alpha value is -7.44. The molecule has 4 aromatic rings. The number of hydrogen-bond acceptors (Lipinski definition) is 17. The van der Waals surface area contributed by atoms with Crippen LogP contribution >= 0.6 is 15.9 Å². The van der Waals surface area contributed by atoms with Crippen molar-refractivity contribution < 1.29 is 79.9 Å². The number of unbranched alkanes of at least 4 members (excludes halogenated alkanes) is 8. The van der Waals surface area contributed by atoms with Gasteiger partial charge in [-0.1, -0.05) is 251 Å². The zero-order chi connectivity index (χ0) is 103. The minimum absolute atomic E-state index is 0.0533. The van der Waals surface area contributed by atoms with Gasteiger partial charge in [-0.2, -0.15) is 0 Å². The summed E-state index contributed by atoms with van der Waals surface area (Å²) in [6.07, 6.45) is 61.1. The summed E-state index contributed by atoms with van der Waals surface area (Å²) in [7, 11) is 6.72. The van der Waals surface area contributed by atoms with E-state index in [1.807, 2.05) is 91.0 Å². The van der Waals surface area contributed by atoms with E-state index in [0.29, 0.717) is 129 Å². The first kappa shape index (κ1) is 121. The Bertz CT molecular complexity index is 4380. The monoisotopic (exact) mass is 2040 g/mol. The number of ether oxygens (including phenoxy) is 11. The Morgan fingerprint density at radius 2 is 0.761 bits per heavy atom. The lowest BCUT2D eigenvalue weighted by atomic mass is 9.75. The molecule has 4 saturated carbocycles. The summed E-state index contributed by atoms with van der Waals surface area (Å²) in [6.45, 7) is 36.2. The number of carbonyl (C=O) groups is 5. The van der Waals surface area contributed by atoms with E-state index in [0.717, 1.165) is 206 Å². The molecule has 19 heteroatoms. The molecule has 0 radical (unpaired) electrons. The van der Waals surface area contributed by atoms with E-state index >= 15 is 0 Å². The van der Waals surface area contributed by atoms with Crippen molar-refractivity contribution in [2.45, 2.75) is 357 Å². The number of alkyl halides is 1. The first-order valence-electron chi connectivity index (χ1n) is 54.7. The topological polar surface area (TPSA) is 196 Å². The van der Waals surface area contributed by atoms with Gasteiger partial charge in [0.1, 0.15) is 64.4 Å². The first-order valence-corrected chi connectivity index (χ1v) is 57.9. The molecule has 0 saturated heterocycles. The molecule has 788 valence electrons. The second-order valence-electron chi connectivity index (χ2n) is 42.9. The van der Waals surface area contributed by atoms with Gasteiger partial charge in [-0.15, -0.1) is 0 Å². The van der Waals surface area contributed by atoms with Crippen LogP contribution in [-0.2, 0) is 87.3 Å². The molecule has 0 spiro atoms. The Morgan fingerprint density at radius 3 is 1.10 bits per heavy atom. The molecule has 4 aromatic carbocycles. The predicted octanol–water partition coefficient (Wildman–Crippen LogP) is 30.5. The molecule has 0 amide bonds. The highest BCUT2D eigenvalue weighted by atomic mass is 79.9. The maximum Gasteiger partial charge on any atom is 0.461 e. The zero-order valence-corrected chi connectivity index (χ0v) is 93.2. The summed E-state index contributed by atoms with van der Waals surface area (Å²) < 4.78 is 70.1. The van der Waals surface area contributed by atoms with Gasteiger partial charge in [0, 0.05) is 94.8 Å². The molecule has 8 aliphatic rings. The van der Waals surface area contributed by atoms with Crippen LogP contribution in [0.25, 0.3) is 0 Å². The first-order chi connectivity index (χ1) is 68.6. The molecule has 8 aliphatic carbocycles. The third-order valence-corrected chi connectivity index (χ3v) is 32.5. The highest BCUT2D eigenvalue weighted by molar-refractivity contribution is 9.09. The highest BCUT2D eigenvalue weighted by Crippen LogP contribution is 2.43. The van der Waals surface area contributed by atoms with E-state index in [9.17, 15) is 24.0 Å². The van der Waals surface area contributed by atoms with Gasteiger partial charge in [0.25, 0.3) is 0 Å². The second kappa shape index (κ2) is 71.2. The van der Waals surface area contributed by atoms with Gasteiger partial charge in [-0.25, -0.2) is 0 Å². The number of methoxy groups -OCH3 is 4. The van der Waals surface area contributed by atoms with Crippen molar-refractivity contribution in [2.24, 2.45) is 82.9 Å². The van der Waals surface area contributed by atoms with E-state index in [1.54, 1.807) is 46.7 Å². The van der Waals surface area contributed by atoms with Gasteiger partial charge in [0.15, 0.2) is 17.3 Å². The van der Waals surface area contributed by atoms with Crippen LogP contribution in [0.1, 0.15) is 318 Å². The Balaban J connectivity index is 0.000000246. The fourth-order valence-corrected chi connectivity index (χ4v) is 23.5. The molecule has 3 unspecified atom stereocenters. The summed E-state index contributed by atoms with van der Waals surface area (Å²) in [6, 6.07) is 32.1. The lowest BCUT2D eigenvalue weighted by Crippen LogP contribution is -2.34. The maximum atomic E-state index is 12.5. The molecule has 0 N–H and O–H groups in total. The number of ketones is 5. The van der Waals surface area contributed by atoms with Crippen LogP contribution in [0.4, 0.5) is 0 Å². The van der Waals surface area contributed by atoms with E-state index in [4.69, 9.17) is 55.9 Å². The van der Waals surface area contributed by atoms with Crippen LogP contribution in [0.5, 0.6) is 23.0 Å². The Kier molecular flexibility index (Phi) is 60.9. The number of hydrogen-bond donors (Lipinski definition) is 0. The molecule has 12 rings (SSSR count). The second-order valence-corrected chi connectivity index (χ2v) is 46.0. The molecule has 4 fully saturated rings. The Morgan fingerprint density at radius 1 is 0.387 bits per heavy atom. The predicted molar refractivity (Wildman–Crippen MR) is 585 cm³/mol. The largest absolute Gasteiger partial charge is 0.497 e. The van der Waals surface area contributed by atoms with Gasteiger partial charge >= 0.3 is 14.5 Å². The van der Waals surface area contributed by atoms with E-state index in [-0.39, 0.29) is 53.5 Å². The quantitative estimate of drug-likeness (QED) is 0.0133. The molecular weight excluding hydrogens is 1860 g/mol. The number of halogens is 1. The third-order valence-electron chi connectivity index (χ3n) is 28.5. The van der Waals surface area contributed by atoms with Crippen molar-refractivity contribution in [2.75, 3.05) is 60.2 Å². The summed E-state index contributed by atoms with van der Waals surface area (Å²) in [5.41, 5.74) is 4.72. The minimum atomic E-state index is -1.29. The van der Waals surface area contributed by atoms with Crippen molar-refractivity contribution >= 4 is 59.3 Å². The number of rotatable bonds is 54. The molecule has 0 aliphatic heterocycles. The van der Waals surface area contributed by atoms with E-state index < -0.39 is 14.5 Å². The van der Waals surface area contributed by atoms with Crippen LogP contribution in [0.3, 0.4) is 0 Å². The van der Waals surface area contributed by atoms with Crippen LogP contribution in [0.2, 0.25) is 10.6 Å². The summed E-state index contributed by atoms with van der Waals surface area (Å²) in [5, 5.41) is 3.47. The average Bonchev–Trinajstić information content (AvgIpc) is 1.62. The van der Waals surface area contributed by atoms with Gasteiger partial charge in [-0.05, 0) is 283 Å². The van der Waals surface area contributed by atoms with Crippen LogP contribution < -0.4 is 18.9 Å². The fraction of sp³-hybridized carbons (Fsp3) is 0.634. The lowest BCUT2D eigenvalue weighted by molar-refractivity contribution is -0.122. The SMILES string of the molecule is CC(C)[C@@H]1CC[C@@H](C)C[C@H]1OC1=CC(=O)CC1.COc1ccc(COCCCC/C=C\CBr)cc1.COc1ccc(COCCCC/C=C\CC2CC(O[C@@H]3C[C@H](C)CC[C@H]3C(C)C)=CC2=O)cc1.COc1ccc(COCCCC/C=C\CC2CC(O[C@@H]3C[C@H](C)CC[C@H]3C(C)C)=CC2[O][Al]([CH2]C(C)C)[CH2]C(C)C)cc1.COc1ccc(COCCCC/C=C\C[C@H]2C=CC(=O)C2)cc1.O=C1CCC(=O)C1. The fourth-order valence-electron chi connectivity index (χ4n) is 20.0. The van der Waals surface area contributed by atoms with Crippen LogP contribution in [0, 0.1) is 82.9 Å². The molecule has 0 aromatic heterocycles. The van der Waals surface area contributed by atoms with Gasteiger partial charge in [-0.3, -0.25) is 24.0 Å². The highest BCUT2D eigenvalue weighted by Gasteiger charge is 2.40. The summed E-state index contributed by atoms with van der Waals surface area (Å²) in [5.74, 6) is 16.0. The van der Waals surface area contributed by atoms with Crippen molar-refractivity contribution in [3.05, 3.63) is 216 Å². The molecule has 17 nitrogen and oxygen atoms in total. The van der Waals surface area contributed by atoms with E-state index in [1.165, 1.54) is 84.4 Å². The molecule has 0 bridgehead atoms.